The van der Waals surface area contributed by atoms with E-state index in [2.05, 4.69) is 21.0 Å². The minimum absolute atomic E-state index is 0.0914. The molecule has 0 bridgehead atoms. The van der Waals surface area contributed by atoms with Crippen molar-refractivity contribution in [1.82, 2.24) is 9.78 Å². The number of rotatable bonds is 3. The SMILES string of the molecule is CC(CC(=O)O)n1cc(Br)cn1. The second-order valence-corrected chi connectivity index (χ2v) is 3.50. The Hall–Kier alpha value is -0.840. The third-order valence-electron chi connectivity index (χ3n) is 1.49. The second-order valence-electron chi connectivity index (χ2n) is 2.59. The molecule has 0 radical (unpaired) electrons. The van der Waals surface area contributed by atoms with E-state index >= 15 is 0 Å². The summed E-state index contributed by atoms with van der Waals surface area (Å²) in [6.45, 7) is 1.81. The van der Waals surface area contributed by atoms with E-state index in [4.69, 9.17) is 5.11 Å². The first kappa shape index (κ1) is 9.25. The summed E-state index contributed by atoms with van der Waals surface area (Å²) < 4.78 is 2.48. The van der Waals surface area contributed by atoms with E-state index in [-0.39, 0.29) is 12.5 Å². The third-order valence-corrected chi connectivity index (χ3v) is 1.90. The fourth-order valence-electron chi connectivity index (χ4n) is 0.902. The van der Waals surface area contributed by atoms with Gasteiger partial charge in [-0.05, 0) is 22.9 Å². The van der Waals surface area contributed by atoms with Gasteiger partial charge in [0, 0.05) is 6.20 Å². The second kappa shape index (κ2) is 3.71. The zero-order valence-corrected chi connectivity index (χ0v) is 8.15. The predicted octanol–water partition coefficient (Wildman–Crippen LogP) is 1.68. The molecule has 0 amide bonds. The fourth-order valence-corrected chi connectivity index (χ4v) is 1.20. The van der Waals surface area contributed by atoms with Crippen LogP contribution in [0.15, 0.2) is 16.9 Å². The van der Waals surface area contributed by atoms with Crippen LogP contribution in [0.4, 0.5) is 0 Å². The monoisotopic (exact) mass is 232 g/mol. The topological polar surface area (TPSA) is 55.1 Å². The molecule has 4 nitrogen and oxygen atoms in total. The molecule has 1 N–H and O–H groups in total. The predicted molar refractivity (Wildman–Crippen MR) is 46.9 cm³/mol. The van der Waals surface area contributed by atoms with Crippen molar-refractivity contribution in [3.63, 3.8) is 0 Å². The van der Waals surface area contributed by atoms with Gasteiger partial charge in [-0.1, -0.05) is 0 Å². The third kappa shape index (κ3) is 2.34. The Labute approximate surface area is 78.3 Å². The molecule has 0 spiro atoms. The number of aliphatic carboxylic acids is 1. The Morgan fingerprint density at radius 3 is 3.00 bits per heavy atom. The molecule has 66 valence electrons. The normalized spacial score (nSPS) is 12.8. The van der Waals surface area contributed by atoms with Crippen LogP contribution in [-0.4, -0.2) is 20.9 Å². The van der Waals surface area contributed by atoms with Gasteiger partial charge in [0.1, 0.15) is 0 Å². The summed E-state index contributed by atoms with van der Waals surface area (Å²) in [5.41, 5.74) is 0. The van der Waals surface area contributed by atoms with Gasteiger partial charge in [0.05, 0.1) is 23.1 Å². The van der Waals surface area contributed by atoms with Gasteiger partial charge < -0.3 is 5.11 Å². The highest BCUT2D eigenvalue weighted by atomic mass is 79.9. The molecule has 0 fully saturated rings. The average Bonchev–Trinajstić information content (AvgIpc) is 2.34. The lowest BCUT2D eigenvalue weighted by molar-refractivity contribution is -0.137. The number of hydrogen-bond acceptors (Lipinski definition) is 2. The van der Waals surface area contributed by atoms with Crippen molar-refractivity contribution >= 4 is 21.9 Å². The Kier molecular flexibility index (Phi) is 2.86. The highest BCUT2D eigenvalue weighted by molar-refractivity contribution is 9.10. The molecule has 0 aliphatic rings. The molecule has 0 saturated heterocycles. The van der Waals surface area contributed by atoms with E-state index < -0.39 is 5.97 Å². The summed E-state index contributed by atoms with van der Waals surface area (Å²) in [5.74, 6) is -0.811. The molecule has 0 saturated carbocycles. The van der Waals surface area contributed by atoms with Crippen LogP contribution in [0.3, 0.4) is 0 Å². The molecule has 0 aromatic carbocycles. The molecule has 1 unspecified atom stereocenters. The van der Waals surface area contributed by atoms with E-state index in [9.17, 15) is 4.79 Å². The molecular weight excluding hydrogens is 224 g/mol. The minimum atomic E-state index is -0.811. The Bertz CT molecular complexity index is 285. The molecule has 1 aromatic rings. The summed E-state index contributed by atoms with van der Waals surface area (Å²) in [5, 5.41) is 12.5. The molecule has 5 heteroatoms. The first-order valence-electron chi connectivity index (χ1n) is 3.51. The van der Waals surface area contributed by atoms with Crippen LogP contribution in [0.1, 0.15) is 19.4 Å². The molecular formula is C7H9BrN2O2. The van der Waals surface area contributed by atoms with E-state index in [1.807, 2.05) is 6.92 Å². The van der Waals surface area contributed by atoms with Gasteiger partial charge in [-0.3, -0.25) is 9.48 Å². The number of hydrogen-bond donors (Lipinski definition) is 1. The number of aromatic nitrogens is 2. The van der Waals surface area contributed by atoms with Crippen molar-refractivity contribution in [2.75, 3.05) is 0 Å². The lowest BCUT2D eigenvalue weighted by Gasteiger charge is -2.07. The van der Waals surface area contributed by atoms with Crippen molar-refractivity contribution in [3.8, 4) is 0 Å². The number of carboxylic acids is 1. The first-order valence-corrected chi connectivity index (χ1v) is 4.30. The van der Waals surface area contributed by atoms with Crippen molar-refractivity contribution in [2.45, 2.75) is 19.4 Å². The summed E-state index contributed by atoms with van der Waals surface area (Å²) in [6.07, 6.45) is 3.49. The van der Waals surface area contributed by atoms with Crippen molar-refractivity contribution in [2.24, 2.45) is 0 Å². The maximum atomic E-state index is 10.3. The Morgan fingerprint density at radius 1 is 1.92 bits per heavy atom. The molecule has 1 atom stereocenters. The average molecular weight is 233 g/mol. The summed E-state index contributed by atoms with van der Waals surface area (Å²) in [7, 11) is 0. The number of nitrogens with zero attached hydrogens (tertiary/aromatic N) is 2. The van der Waals surface area contributed by atoms with Crippen LogP contribution in [-0.2, 0) is 4.79 Å². The quantitative estimate of drug-likeness (QED) is 0.863. The smallest absolute Gasteiger partial charge is 0.305 e. The van der Waals surface area contributed by atoms with Crippen LogP contribution in [0, 0.1) is 0 Å². The highest BCUT2D eigenvalue weighted by Gasteiger charge is 2.09. The molecule has 0 aliphatic heterocycles. The zero-order valence-electron chi connectivity index (χ0n) is 6.57. The zero-order chi connectivity index (χ0) is 9.14. The standard InChI is InChI=1S/C7H9BrN2O2/c1-5(2-7(11)12)10-4-6(8)3-9-10/h3-5H,2H2,1H3,(H,11,12). The van der Waals surface area contributed by atoms with Crippen LogP contribution < -0.4 is 0 Å². The van der Waals surface area contributed by atoms with Crippen molar-refractivity contribution in [3.05, 3.63) is 16.9 Å². The van der Waals surface area contributed by atoms with Gasteiger partial charge >= 0.3 is 5.97 Å². The maximum Gasteiger partial charge on any atom is 0.305 e. The summed E-state index contributed by atoms with van der Waals surface area (Å²) in [4.78, 5) is 10.3. The molecule has 0 aliphatic carbocycles. The summed E-state index contributed by atoms with van der Waals surface area (Å²) >= 11 is 3.24. The Balaban J connectivity index is 2.64. The minimum Gasteiger partial charge on any atom is -0.481 e. The molecule has 1 aromatic heterocycles. The van der Waals surface area contributed by atoms with Crippen LogP contribution in [0.2, 0.25) is 0 Å². The largest absolute Gasteiger partial charge is 0.481 e. The van der Waals surface area contributed by atoms with E-state index in [0.717, 1.165) is 4.47 Å². The maximum absolute atomic E-state index is 10.3. The first-order chi connectivity index (χ1) is 5.59. The van der Waals surface area contributed by atoms with Gasteiger partial charge in [0.2, 0.25) is 0 Å². The van der Waals surface area contributed by atoms with Gasteiger partial charge in [0.15, 0.2) is 0 Å². The lowest BCUT2D eigenvalue weighted by atomic mass is 10.2. The van der Waals surface area contributed by atoms with Gasteiger partial charge in [-0.15, -0.1) is 0 Å². The molecule has 1 heterocycles. The van der Waals surface area contributed by atoms with Crippen LogP contribution >= 0.6 is 15.9 Å². The van der Waals surface area contributed by atoms with E-state index in [0.29, 0.717) is 0 Å². The van der Waals surface area contributed by atoms with Crippen LogP contribution in [0.25, 0.3) is 0 Å². The van der Waals surface area contributed by atoms with E-state index in [1.54, 1.807) is 17.1 Å². The Morgan fingerprint density at radius 2 is 2.58 bits per heavy atom. The van der Waals surface area contributed by atoms with Crippen LogP contribution in [0.5, 0.6) is 0 Å². The molecule has 12 heavy (non-hydrogen) atoms. The van der Waals surface area contributed by atoms with Crippen molar-refractivity contribution in [1.29, 1.82) is 0 Å². The number of carbonyl (C=O) groups is 1. The van der Waals surface area contributed by atoms with Gasteiger partial charge in [0.25, 0.3) is 0 Å². The molecule has 1 rings (SSSR count). The number of halogens is 1. The van der Waals surface area contributed by atoms with Gasteiger partial charge in [-0.25, -0.2) is 0 Å². The van der Waals surface area contributed by atoms with E-state index in [1.165, 1.54) is 0 Å². The fraction of sp³-hybridized carbons (Fsp3) is 0.429. The van der Waals surface area contributed by atoms with Crippen molar-refractivity contribution < 1.29 is 9.90 Å². The number of carboxylic acid groups (broad SMARTS) is 1. The summed E-state index contributed by atoms with van der Waals surface area (Å²) in [6, 6.07) is -0.103. The lowest BCUT2D eigenvalue weighted by Crippen LogP contribution is -2.10. The highest BCUT2D eigenvalue weighted by Crippen LogP contribution is 2.13. The van der Waals surface area contributed by atoms with Gasteiger partial charge in [-0.2, -0.15) is 5.10 Å².